The van der Waals surface area contributed by atoms with E-state index >= 15 is 0 Å². The molecule has 3 aromatic rings. The fraction of sp³-hybridized carbons (Fsp3) is 0.0909. The Morgan fingerprint density at radius 3 is 2.44 bits per heavy atom. The van der Waals surface area contributed by atoms with Gasteiger partial charge in [0.15, 0.2) is 12.4 Å². The average Bonchev–Trinajstić information content (AvgIpc) is 2.75. The van der Waals surface area contributed by atoms with Gasteiger partial charge in [0.05, 0.1) is 10.7 Å². The lowest BCUT2D eigenvalue weighted by Crippen LogP contribution is -2.24. The second-order valence-electron chi connectivity index (χ2n) is 6.58. The SMILES string of the molecule is Cc1ccc(S(=O)(=O)Oc2ccc(/C=N\NC(=O)COc3ccc(Cl)cc3)cc2Br)cc1. The first-order valence-corrected chi connectivity index (χ1v) is 11.8. The number of hydrazone groups is 1. The van der Waals surface area contributed by atoms with Crippen LogP contribution in [-0.2, 0) is 14.9 Å². The van der Waals surface area contributed by atoms with Gasteiger partial charge in [0.25, 0.3) is 5.91 Å². The van der Waals surface area contributed by atoms with Crippen molar-refractivity contribution in [3.63, 3.8) is 0 Å². The summed E-state index contributed by atoms with van der Waals surface area (Å²) < 4.78 is 35.8. The predicted octanol–water partition coefficient (Wildman–Crippen LogP) is 4.71. The van der Waals surface area contributed by atoms with Crippen molar-refractivity contribution >= 4 is 49.8 Å². The summed E-state index contributed by atoms with van der Waals surface area (Å²) in [6.45, 7) is 1.65. The third-order valence-corrected chi connectivity index (χ3v) is 6.17. The van der Waals surface area contributed by atoms with E-state index in [9.17, 15) is 13.2 Å². The molecule has 0 aliphatic rings. The molecule has 3 aromatic carbocycles. The maximum Gasteiger partial charge on any atom is 0.339 e. The largest absolute Gasteiger partial charge is 0.484 e. The maximum absolute atomic E-state index is 12.4. The number of nitrogens with zero attached hydrogens (tertiary/aromatic N) is 1. The molecule has 0 bridgehead atoms. The highest BCUT2D eigenvalue weighted by Gasteiger charge is 2.18. The molecule has 0 aliphatic carbocycles. The number of nitrogens with one attached hydrogen (secondary N) is 1. The zero-order valence-corrected chi connectivity index (χ0v) is 19.9. The van der Waals surface area contributed by atoms with Crippen LogP contribution in [0.4, 0.5) is 0 Å². The molecule has 0 unspecified atom stereocenters. The summed E-state index contributed by atoms with van der Waals surface area (Å²) in [6.07, 6.45) is 1.41. The molecule has 32 heavy (non-hydrogen) atoms. The number of ether oxygens (including phenoxy) is 1. The lowest BCUT2D eigenvalue weighted by molar-refractivity contribution is -0.123. The molecule has 0 radical (unpaired) electrons. The quantitative estimate of drug-likeness (QED) is 0.255. The Morgan fingerprint density at radius 1 is 1.09 bits per heavy atom. The Balaban J connectivity index is 1.56. The van der Waals surface area contributed by atoms with Crippen molar-refractivity contribution in [3.8, 4) is 11.5 Å². The smallest absolute Gasteiger partial charge is 0.339 e. The van der Waals surface area contributed by atoms with E-state index in [4.69, 9.17) is 20.5 Å². The van der Waals surface area contributed by atoms with E-state index in [0.717, 1.165) is 5.56 Å². The molecule has 0 saturated carbocycles. The molecule has 0 saturated heterocycles. The number of amides is 1. The highest BCUT2D eigenvalue weighted by atomic mass is 79.9. The second-order valence-corrected chi connectivity index (χ2v) is 9.41. The van der Waals surface area contributed by atoms with E-state index < -0.39 is 16.0 Å². The molecular formula is C22H18BrClN2O5S. The first-order valence-electron chi connectivity index (χ1n) is 9.24. The van der Waals surface area contributed by atoms with E-state index in [1.54, 1.807) is 48.5 Å². The van der Waals surface area contributed by atoms with Gasteiger partial charge in [-0.3, -0.25) is 4.79 Å². The monoisotopic (exact) mass is 536 g/mol. The fourth-order valence-electron chi connectivity index (χ4n) is 2.43. The molecule has 10 heteroatoms. The molecule has 166 valence electrons. The van der Waals surface area contributed by atoms with Gasteiger partial charge in [0, 0.05) is 5.02 Å². The topological polar surface area (TPSA) is 94.1 Å². The number of benzene rings is 3. The van der Waals surface area contributed by atoms with Crippen LogP contribution in [-0.4, -0.2) is 27.1 Å². The number of carbonyl (C=O) groups excluding carboxylic acids is 1. The van der Waals surface area contributed by atoms with Gasteiger partial charge in [0.2, 0.25) is 0 Å². The number of hydrogen-bond acceptors (Lipinski definition) is 6. The highest BCUT2D eigenvalue weighted by Crippen LogP contribution is 2.28. The summed E-state index contributed by atoms with van der Waals surface area (Å²) in [5, 5.41) is 4.43. The molecule has 3 rings (SSSR count). The Labute approximate surface area is 199 Å². The minimum absolute atomic E-state index is 0.0594. The summed E-state index contributed by atoms with van der Waals surface area (Å²) in [6, 6.07) is 17.7. The first kappa shape index (κ1) is 23.8. The molecule has 1 amide bonds. The lowest BCUT2D eigenvalue weighted by atomic mass is 10.2. The van der Waals surface area contributed by atoms with Gasteiger partial charge in [-0.2, -0.15) is 13.5 Å². The van der Waals surface area contributed by atoms with Crippen molar-refractivity contribution in [1.29, 1.82) is 0 Å². The molecule has 0 fully saturated rings. The minimum Gasteiger partial charge on any atom is -0.484 e. The van der Waals surface area contributed by atoms with Gasteiger partial charge in [-0.05, 0) is 83.0 Å². The highest BCUT2D eigenvalue weighted by molar-refractivity contribution is 9.10. The van der Waals surface area contributed by atoms with Crippen LogP contribution in [0.5, 0.6) is 11.5 Å². The number of carbonyl (C=O) groups is 1. The number of halogens is 2. The Hall–Kier alpha value is -2.88. The van der Waals surface area contributed by atoms with Gasteiger partial charge >= 0.3 is 10.1 Å². The van der Waals surface area contributed by atoms with Crippen LogP contribution in [0.2, 0.25) is 5.02 Å². The van der Waals surface area contributed by atoms with Crippen LogP contribution in [0.25, 0.3) is 0 Å². The summed E-state index contributed by atoms with van der Waals surface area (Å²) in [7, 11) is -3.97. The first-order chi connectivity index (χ1) is 15.2. The zero-order chi connectivity index (χ0) is 23.1. The van der Waals surface area contributed by atoms with Crippen molar-refractivity contribution in [3.05, 3.63) is 87.4 Å². The molecule has 0 aromatic heterocycles. The third-order valence-electron chi connectivity index (χ3n) is 4.05. The van der Waals surface area contributed by atoms with Crippen LogP contribution in [0.3, 0.4) is 0 Å². The Kier molecular flexibility index (Phi) is 7.89. The van der Waals surface area contributed by atoms with Crippen molar-refractivity contribution in [2.24, 2.45) is 5.10 Å². The van der Waals surface area contributed by atoms with E-state index in [0.29, 0.717) is 20.8 Å². The van der Waals surface area contributed by atoms with Crippen molar-refractivity contribution < 1.29 is 22.1 Å². The summed E-state index contributed by atoms with van der Waals surface area (Å²) in [5.41, 5.74) is 3.90. The maximum atomic E-state index is 12.4. The van der Waals surface area contributed by atoms with Crippen LogP contribution >= 0.6 is 27.5 Å². The summed E-state index contributed by atoms with van der Waals surface area (Å²) >= 11 is 9.08. The van der Waals surface area contributed by atoms with Crippen LogP contribution < -0.4 is 14.3 Å². The van der Waals surface area contributed by atoms with Crippen LogP contribution in [0.1, 0.15) is 11.1 Å². The minimum atomic E-state index is -3.97. The number of rotatable bonds is 8. The zero-order valence-electron chi connectivity index (χ0n) is 16.8. The molecule has 0 heterocycles. The molecule has 1 N–H and O–H groups in total. The third kappa shape index (κ3) is 6.81. The molecular weight excluding hydrogens is 520 g/mol. The van der Waals surface area contributed by atoms with Gasteiger partial charge < -0.3 is 8.92 Å². The molecule has 0 aliphatic heterocycles. The summed E-state index contributed by atoms with van der Waals surface area (Å²) in [5.74, 6) is 0.191. The standard InChI is InChI=1S/C22H18BrClN2O5S/c1-15-2-9-19(10-3-15)32(28,29)31-21-11-4-16(12-20(21)23)13-25-26-22(27)14-30-18-7-5-17(24)6-8-18/h2-13H,14H2,1H3,(H,26,27)/b25-13-. The van der Waals surface area contributed by atoms with E-state index in [1.807, 2.05) is 6.92 Å². The van der Waals surface area contributed by atoms with E-state index in [-0.39, 0.29) is 17.3 Å². The summed E-state index contributed by atoms with van der Waals surface area (Å²) in [4.78, 5) is 11.9. The number of aryl methyl sites for hydroxylation is 1. The Morgan fingerprint density at radius 2 is 1.78 bits per heavy atom. The number of hydrogen-bond donors (Lipinski definition) is 1. The van der Waals surface area contributed by atoms with Gasteiger partial charge in [-0.15, -0.1) is 0 Å². The average molecular weight is 538 g/mol. The van der Waals surface area contributed by atoms with Gasteiger partial charge in [0.1, 0.15) is 10.6 Å². The molecule has 0 spiro atoms. The van der Waals surface area contributed by atoms with Crippen molar-refractivity contribution in [2.75, 3.05) is 6.61 Å². The second kappa shape index (κ2) is 10.6. The molecule has 0 atom stereocenters. The van der Waals surface area contributed by atoms with E-state index in [2.05, 4.69) is 26.5 Å². The normalized spacial score (nSPS) is 11.3. The predicted molar refractivity (Wildman–Crippen MR) is 126 cm³/mol. The van der Waals surface area contributed by atoms with Crippen molar-refractivity contribution in [2.45, 2.75) is 11.8 Å². The van der Waals surface area contributed by atoms with Crippen LogP contribution in [0.15, 0.2) is 81.2 Å². The van der Waals surface area contributed by atoms with E-state index in [1.165, 1.54) is 24.4 Å². The Bertz CT molecular complexity index is 1230. The molecule has 7 nitrogen and oxygen atoms in total. The lowest BCUT2D eigenvalue weighted by Gasteiger charge is -2.09. The van der Waals surface area contributed by atoms with Crippen molar-refractivity contribution in [1.82, 2.24) is 5.43 Å². The fourth-order valence-corrected chi connectivity index (χ4v) is 4.08. The van der Waals surface area contributed by atoms with Crippen LogP contribution in [0, 0.1) is 6.92 Å². The van der Waals surface area contributed by atoms with Gasteiger partial charge in [-0.1, -0.05) is 29.3 Å². The van der Waals surface area contributed by atoms with Gasteiger partial charge in [-0.25, -0.2) is 5.43 Å².